The summed E-state index contributed by atoms with van der Waals surface area (Å²) in [6.07, 6.45) is 2.49. The van der Waals surface area contributed by atoms with Crippen LogP contribution in [0, 0.1) is 0 Å². The van der Waals surface area contributed by atoms with E-state index in [0.29, 0.717) is 16.3 Å². The molecule has 0 spiro atoms. The lowest BCUT2D eigenvalue weighted by molar-refractivity contribution is -0.131. The maximum Gasteiger partial charge on any atom is 0.328 e. The fourth-order valence-corrected chi connectivity index (χ4v) is 1.75. The third kappa shape index (κ3) is 3.71. The maximum atomic E-state index is 11.8. The fraction of sp³-hybridized carbons (Fsp3) is 0. The molecule has 2 rings (SSSR count). The molecule has 2 N–H and O–H groups in total. The minimum absolute atomic E-state index is 0.287. The van der Waals surface area contributed by atoms with Crippen LogP contribution in [0.1, 0.15) is 15.9 Å². The summed E-state index contributed by atoms with van der Waals surface area (Å²) in [5.74, 6) is -1.30. The number of carboxylic acid groups (broad SMARTS) is 1. The van der Waals surface area contributed by atoms with Crippen molar-refractivity contribution in [3.05, 3.63) is 47.0 Å². The van der Waals surface area contributed by atoms with Gasteiger partial charge in [-0.2, -0.15) is 0 Å². The molecule has 1 amide bonds. The third-order valence-corrected chi connectivity index (χ3v) is 2.78. The Bertz CT molecular complexity index is 606. The minimum Gasteiger partial charge on any atom is -0.478 e. The van der Waals surface area contributed by atoms with E-state index in [9.17, 15) is 9.59 Å². The van der Waals surface area contributed by atoms with Crippen LogP contribution >= 0.6 is 11.3 Å². The predicted octanol–water partition coefficient (Wildman–Crippen LogP) is 1.89. The molecule has 0 saturated heterocycles. The number of anilines is 1. The SMILES string of the molecule is O=C(O)C=Cc1ccc(C(=O)Nc2nncs2)cc1. The van der Waals surface area contributed by atoms with Gasteiger partial charge in [-0.1, -0.05) is 23.5 Å². The quantitative estimate of drug-likeness (QED) is 0.831. The third-order valence-electron chi connectivity index (χ3n) is 2.17. The summed E-state index contributed by atoms with van der Waals surface area (Å²) < 4.78 is 0. The van der Waals surface area contributed by atoms with Crippen molar-refractivity contribution in [1.82, 2.24) is 10.2 Å². The van der Waals surface area contributed by atoms with E-state index in [1.165, 1.54) is 22.9 Å². The summed E-state index contributed by atoms with van der Waals surface area (Å²) >= 11 is 1.23. The topological polar surface area (TPSA) is 92.2 Å². The lowest BCUT2D eigenvalue weighted by atomic mass is 10.1. The average molecular weight is 275 g/mol. The number of aliphatic carboxylic acids is 1. The Morgan fingerprint density at radius 1 is 1.26 bits per heavy atom. The molecule has 0 bridgehead atoms. The maximum absolute atomic E-state index is 11.8. The van der Waals surface area contributed by atoms with Crippen molar-refractivity contribution in [3.63, 3.8) is 0 Å². The summed E-state index contributed by atoms with van der Waals surface area (Å²) in [4.78, 5) is 22.2. The van der Waals surface area contributed by atoms with E-state index < -0.39 is 5.97 Å². The molecule has 0 saturated carbocycles. The van der Waals surface area contributed by atoms with Crippen molar-refractivity contribution >= 4 is 34.4 Å². The molecule has 7 heteroatoms. The number of benzene rings is 1. The first-order valence-corrected chi connectivity index (χ1v) is 6.12. The Hall–Kier alpha value is -2.54. The van der Waals surface area contributed by atoms with Crippen LogP contribution in [-0.2, 0) is 4.79 Å². The van der Waals surface area contributed by atoms with E-state index in [1.807, 2.05) is 0 Å². The molecule has 19 heavy (non-hydrogen) atoms. The first kappa shape index (κ1) is 12.9. The molecule has 0 aliphatic carbocycles. The number of amides is 1. The van der Waals surface area contributed by atoms with E-state index in [1.54, 1.807) is 24.3 Å². The van der Waals surface area contributed by atoms with Gasteiger partial charge in [-0.3, -0.25) is 10.1 Å². The summed E-state index contributed by atoms with van der Waals surface area (Å²) in [5, 5.41) is 18.9. The Labute approximate surface area is 112 Å². The highest BCUT2D eigenvalue weighted by atomic mass is 32.1. The Balaban J connectivity index is 2.05. The number of carboxylic acids is 1. The van der Waals surface area contributed by atoms with Gasteiger partial charge in [-0.15, -0.1) is 10.2 Å². The lowest BCUT2D eigenvalue weighted by Crippen LogP contribution is -2.11. The van der Waals surface area contributed by atoms with Gasteiger partial charge in [-0.05, 0) is 23.8 Å². The lowest BCUT2D eigenvalue weighted by Gasteiger charge is -2.01. The minimum atomic E-state index is -1.02. The van der Waals surface area contributed by atoms with Gasteiger partial charge in [0.05, 0.1) is 0 Å². The van der Waals surface area contributed by atoms with Gasteiger partial charge in [0.1, 0.15) is 5.51 Å². The zero-order valence-corrected chi connectivity index (χ0v) is 10.4. The van der Waals surface area contributed by atoms with Gasteiger partial charge < -0.3 is 5.11 Å². The van der Waals surface area contributed by atoms with E-state index in [4.69, 9.17) is 5.11 Å². The van der Waals surface area contributed by atoms with Crippen molar-refractivity contribution in [2.24, 2.45) is 0 Å². The zero-order valence-electron chi connectivity index (χ0n) is 9.61. The van der Waals surface area contributed by atoms with Gasteiger partial charge in [0.15, 0.2) is 0 Å². The molecule has 1 aromatic heterocycles. The molecule has 0 radical (unpaired) electrons. The first-order chi connectivity index (χ1) is 9.15. The normalized spacial score (nSPS) is 10.5. The first-order valence-electron chi connectivity index (χ1n) is 5.24. The van der Waals surface area contributed by atoms with Crippen LogP contribution < -0.4 is 5.32 Å². The number of carbonyl (C=O) groups is 2. The zero-order chi connectivity index (χ0) is 13.7. The van der Waals surface area contributed by atoms with Crippen LogP contribution in [0.15, 0.2) is 35.9 Å². The van der Waals surface area contributed by atoms with Crippen LogP contribution in [-0.4, -0.2) is 27.2 Å². The van der Waals surface area contributed by atoms with Gasteiger partial charge in [0, 0.05) is 11.6 Å². The molecule has 1 aromatic carbocycles. The second-order valence-electron chi connectivity index (χ2n) is 3.49. The summed E-state index contributed by atoms with van der Waals surface area (Å²) in [7, 11) is 0. The fourth-order valence-electron chi connectivity index (χ4n) is 1.31. The van der Waals surface area contributed by atoms with Gasteiger partial charge in [0.2, 0.25) is 5.13 Å². The van der Waals surface area contributed by atoms with Crippen molar-refractivity contribution in [3.8, 4) is 0 Å². The van der Waals surface area contributed by atoms with Crippen molar-refractivity contribution in [2.45, 2.75) is 0 Å². The van der Waals surface area contributed by atoms with Gasteiger partial charge >= 0.3 is 5.97 Å². The van der Waals surface area contributed by atoms with Gasteiger partial charge in [0.25, 0.3) is 5.91 Å². The molecule has 6 nitrogen and oxygen atoms in total. The Morgan fingerprint density at radius 2 is 2.00 bits per heavy atom. The number of nitrogens with zero attached hydrogens (tertiary/aromatic N) is 2. The molecule has 96 valence electrons. The Morgan fingerprint density at radius 3 is 2.58 bits per heavy atom. The number of hydrogen-bond acceptors (Lipinski definition) is 5. The highest BCUT2D eigenvalue weighted by Gasteiger charge is 2.07. The average Bonchev–Trinajstić information content (AvgIpc) is 2.89. The largest absolute Gasteiger partial charge is 0.478 e. The summed E-state index contributed by atoms with van der Waals surface area (Å²) in [6.45, 7) is 0. The van der Waals surface area contributed by atoms with Crippen LogP contribution in [0.5, 0.6) is 0 Å². The standard InChI is InChI=1S/C12H9N3O3S/c16-10(17)6-3-8-1-4-9(5-2-8)11(18)14-12-15-13-7-19-12/h1-7H,(H,16,17)(H,14,15,18). The molecular formula is C12H9N3O3S. The second kappa shape index (κ2) is 5.87. The van der Waals surface area contributed by atoms with Crippen molar-refractivity contribution in [1.29, 1.82) is 0 Å². The van der Waals surface area contributed by atoms with Crippen LogP contribution in [0.25, 0.3) is 6.08 Å². The number of aromatic nitrogens is 2. The number of carbonyl (C=O) groups excluding carboxylic acids is 1. The van der Waals surface area contributed by atoms with E-state index >= 15 is 0 Å². The highest BCUT2D eigenvalue weighted by Crippen LogP contribution is 2.12. The molecule has 1 heterocycles. The molecule has 0 aliphatic heterocycles. The van der Waals surface area contributed by atoms with Crippen LogP contribution in [0.4, 0.5) is 5.13 Å². The number of nitrogens with one attached hydrogen (secondary N) is 1. The molecule has 0 aliphatic rings. The van der Waals surface area contributed by atoms with Crippen molar-refractivity contribution < 1.29 is 14.7 Å². The van der Waals surface area contributed by atoms with E-state index in [0.717, 1.165) is 6.08 Å². The molecular weight excluding hydrogens is 266 g/mol. The summed E-state index contributed by atoms with van der Waals surface area (Å²) in [5.41, 5.74) is 2.69. The van der Waals surface area contributed by atoms with Crippen LogP contribution in [0.2, 0.25) is 0 Å². The molecule has 0 unspecified atom stereocenters. The molecule has 0 fully saturated rings. The van der Waals surface area contributed by atoms with Gasteiger partial charge in [-0.25, -0.2) is 4.79 Å². The van der Waals surface area contributed by atoms with E-state index in [-0.39, 0.29) is 5.91 Å². The van der Waals surface area contributed by atoms with Crippen LogP contribution in [0.3, 0.4) is 0 Å². The Kier molecular flexibility index (Phi) is 3.99. The molecule has 0 atom stereocenters. The number of hydrogen-bond donors (Lipinski definition) is 2. The monoisotopic (exact) mass is 275 g/mol. The second-order valence-corrected chi connectivity index (χ2v) is 4.32. The summed E-state index contributed by atoms with van der Waals surface area (Å²) in [6, 6.07) is 6.54. The number of rotatable bonds is 4. The predicted molar refractivity (Wildman–Crippen MR) is 71.0 cm³/mol. The smallest absolute Gasteiger partial charge is 0.328 e. The molecule has 2 aromatic rings. The van der Waals surface area contributed by atoms with E-state index in [2.05, 4.69) is 15.5 Å². The highest BCUT2D eigenvalue weighted by molar-refractivity contribution is 7.13. The van der Waals surface area contributed by atoms with Crippen molar-refractivity contribution in [2.75, 3.05) is 5.32 Å².